The molecule has 4 rings (SSSR count). The number of ether oxygens (including phenoxy) is 1. The summed E-state index contributed by atoms with van der Waals surface area (Å²) in [4.78, 5) is 41.3. The molecule has 1 aliphatic heterocycles. The molecule has 2 amide bonds. The van der Waals surface area contributed by atoms with Crippen molar-refractivity contribution >= 4 is 17.6 Å². The molecular weight excluding hydrogens is 454 g/mol. The van der Waals surface area contributed by atoms with Gasteiger partial charge in [-0.15, -0.1) is 0 Å². The molecule has 1 fully saturated rings. The molecule has 7 nitrogen and oxygen atoms in total. The van der Waals surface area contributed by atoms with Crippen LogP contribution in [0.15, 0.2) is 54.6 Å². The lowest BCUT2D eigenvalue weighted by molar-refractivity contribution is -0.141. The van der Waals surface area contributed by atoms with E-state index in [0.29, 0.717) is 32.5 Å². The Morgan fingerprint density at radius 1 is 1.06 bits per heavy atom. The number of likely N-dealkylation sites (tertiary alicyclic amines) is 1. The predicted molar refractivity (Wildman–Crippen MR) is 138 cm³/mol. The molecule has 3 N–H and O–H groups in total. The number of carbonyl (C=O) groups is 3. The number of ketones is 1. The van der Waals surface area contributed by atoms with E-state index in [4.69, 9.17) is 10.5 Å². The molecular formula is C29H37N3O4. The monoisotopic (exact) mass is 491 g/mol. The van der Waals surface area contributed by atoms with Crippen LogP contribution in [0.2, 0.25) is 0 Å². The maximum atomic E-state index is 13.6. The average molecular weight is 492 g/mol. The van der Waals surface area contributed by atoms with E-state index in [1.807, 2.05) is 62.4 Å². The molecule has 1 atom stereocenters. The minimum absolute atomic E-state index is 0.0456. The highest BCUT2D eigenvalue weighted by Gasteiger charge is 2.58. The molecule has 1 aliphatic carbocycles. The Morgan fingerprint density at radius 2 is 1.67 bits per heavy atom. The second-order valence-electron chi connectivity index (χ2n) is 11.2. The summed E-state index contributed by atoms with van der Waals surface area (Å²) >= 11 is 0. The summed E-state index contributed by atoms with van der Waals surface area (Å²) in [6, 6.07) is 16.7. The largest absolute Gasteiger partial charge is 0.374 e. The van der Waals surface area contributed by atoms with Gasteiger partial charge in [-0.2, -0.15) is 0 Å². The van der Waals surface area contributed by atoms with Crippen LogP contribution in [-0.4, -0.2) is 53.8 Å². The highest BCUT2D eigenvalue weighted by Crippen LogP contribution is 2.56. The number of rotatable bonds is 7. The van der Waals surface area contributed by atoms with E-state index in [2.05, 4.69) is 11.4 Å². The minimum atomic E-state index is -1.12. The number of nitrogens with two attached hydrogens (primary N) is 1. The van der Waals surface area contributed by atoms with Crippen molar-refractivity contribution in [3.8, 4) is 0 Å². The second-order valence-corrected chi connectivity index (χ2v) is 11.2. The molecule has 0 saturated carbocycles. The predicted octanol–water partition coefficient (Wildman–Crippen LogP) is 3.21. The van der Waals surface area contributed by atoms with Gasteiger partial charge in [0.15, 0.2) is 5.78 Å². The number of nitrogens with one attached hydrogen (secondary N) is 1. The highest BCUT2D eigenvalue weighted by molar-refractivity contribution is 6.06. The first-order valence-electron chi connectivity index (χ1n) is 12.6. The summed E-state index contributed by atoms with van der Waals surface area (Å²) in [7, 11) is 0. The molecule has 192 valence electrons. The summed E-state index contributed by atoms with van der Waals surface area (Å²) in [6.07, 6.45) is 1.37. The Balaban J connectivity index is 1.48. The SMILES string of the molecule is CC(C)(N)C(=O)NC(COCc1ccccc1)C(=O)N1CCC2(CC1)c1ccccc1C(=O)C2(C)C. The molecule has 2 aromatic rings. The minimum Gasteiger partial charge on any atom is -0.374 e. The molecule has 36 heavy (non-hydrogen) atoms. The Morgan fingerprint density at radius 3 is 2.31 bits per heavy atom. The van der Waals surface area contributed by atoms with Crippen molar-refractivity contribution in [2.24, 2.45) is 11.1 Å². The van der Waals surface area contributed by atoms with Gasteiger partial charge in [0, 0.05) is 29.5 Å². The first kappa shape index (κ1) is 26.0. The number of Topliss-reactive ketones (excluding diaryl/α,β-unsaturated/α-hetero) is 1. The van der Waals surface area contributed by atoms with Crippen LogP contribution in [0.25, 0.3) is 0 Å². The van der Waals surface area contributed by atoms with Gasteiger partial charge in [0.2, 0.25) is 11.8 Å². The van der Waals surface area contributed by atoms with Gasteiger partial charge in [0.25, 0.3) is 0 Å². The molecule has 1 spiro atoms. The molecule has 2 aromatic carbocycles. The maximum Gasteiger partial charge on any atom is 0.247 e. The molecule has 1 saturated heterocycles. The molecule has 0 bridgehead atoms. The zero-order chi connectivity index (χ0) is 26.1. The number of benzene rings is 2. The van der Waals surface area contributed by atoms with Gasteiger partial charge < -0.3 is 20.7 Å². The van der Waals surface area contributed by atoms with Gasteiger partial charge in [-0.1, -0.05) is 68.4 Å². The number of carbonyl (C=O) groups excluding carboxylic acids is 3. The van der Waals surface area contributed by atoms with Gasteiger partial charge >= 0.3 is 0 Å². The lowest BCUT2D eigenvalue weighted by Crippen LogP contribution is -2.59. The smallest absolute Gasteiger partial charge is 0.247 e. The quantitative estimate of drug-likeness (QED) is 0.619. The number of fused-ring (bicyclic) bond motifs is 2. The Kier molecular flexibility index (Phi) is 7.08. The fraction of sp³-hybridized carbons (Fsp3) is 0.483. The van der Waals surface area contributed by atoms with Crippen molar-refractivity contribution in [3.63, 3.8) is 0 Å². The zero-order valence-corrected chi connectivity index (χ0v) is 21.7. The van der Waals surface area contributed by atoms with Crippen LogP contribution in [0, 0.1) is 5.41 Å². The van der Waals surface area contributed by atoms with Crippen LogP contribution >= 0.6 is 0 Å². The fourth-order valence-electron chi connectivity index (χ4n) is 5.60. The van der Waals surface area contributed by atoms with E-state index in [9.17, 15) is 14.4 Å². The van der Waals surface area contributed by atoms with E-state index in [1.54, 1.807) is 18.7 Å². The van der Waals surface area contributed by atoms with Gasteiger partial charge in [-0.05, 0) is 37.8 Å². The third-order valence-electron chi connectivity index (χ3n) is 7.96. The first-order chi connectivity index (χ1) is 17.0. The molecule has 0 aromatic heterocycles. The number of hydrogen-bond acceptors (Lipinski definition) is 5. The third-order valence-corrected chi connectivity index (χ3v) is 7.96. The van der Waals surface area contributed by atoms with Crippen molar-refractivity contribution in [2.75, 3.05) is 19.7 Å². The van der Waals surface area contributed by atoms with Crippen molar-refractivity contribution in [2.45, 2.75) is 64.1 Å². The lowest BCUT2D eigenvalue weighted by atomic mass is 9.60. The fourth-order valence-corrected chi connectivity index (χ4v) is 5.60. The van der Waals surface area contributed by atoms with Crippen molar-refractivity contribution in [3.05, 3.63) is 71.3 Å². The van der Waals surface area contributed by atoms with E-state index < -0.39 is 22.9 Å². The van der Waals surface area contributed by atoms with Crippen LogP contribution in [0.5, 0.6) is 0 Å². The van der Waals surface area contributed by atoms with Gasteiger partial charge in [0.05, 0.1) is 18.8 Å². The summed E-state index contributed by atoms with van der Waals surface area (Å²) in [5, 5.41) is 2.81. The van der Waals surface area contributed by atoms with Crippen molar-refractivity contribution in [1.29, 1.82) is 0 Å². The molecule has 1 heterocycles. The average Bonchev–Trinajstić information content (AvgIpc) is 3.02. The van der Waals surface area contributed by atoms with Crippen LogP contribution in [0.3, 0.4) is 0 Å². The number of hydrogen-bond donors (Lipinski definition) is 2. The van der Waals surface area contributed by atoms with Gasteiger partial charge in [0.1, 0.15) is 6.04 Å². The Labute approximate surface area is 213 Å². The molecule has 0 radical (unpaired) electrons. The maximum absolute atomic E-state index is 13.6. The highest BCUT2D eigenvalue weighted by atomic mass is 16.5. The van der Waals surface area contributed by atoms with E-state index in [-0.39, 0.29) is 23.7 Å². The summed E-state index contributed by atoms with van der Waals surface area (Å²) in [5.74, 6) is -0.428. The first-order valence-corrected chi connectivity index (χ1v) is 12.6. The van der Waals surface area contributed by atoms with E-state index in [1.165, 1.54) is 0 Å². The standard InChI is InChI=1S/C29H37N3O4/c1-27(2)24(33)21-12-8-9-13-22(21)29(27)14-16-32(17-15-29)25(34)23(31-26(35)28(3,4)30)19-36-18-20-10-6-5-7-11-20/h5-13,23H,14-19,30H2,1-4H3,(H,31,35). The normalized spacial score (nSPS) is 19.1. The van der Waals surface area contributed by atoms with Crippen LogP contribution < -0.4 is 11.1 Å². The summed E-state index contributed by atoms with van der Waals surface area (Å²) in [6.45, 7) is 8.65. The van der Waals surface area contributed by atoms with E-state index in [0.717, 1.165) is 16.7 Å². The second kappa shape index (κ2) is 9.79. The number of piperidine rings is 1. The topological polar surface area (TPSA) is 102 Å². The van der Waals surface area contributed by atoms with Crippen molar-refractivity contribution in [1.82, 2.24) is 10.2 Å². The Bertz CT molecular complexity index is 1130. The number of nitrogens with zero attached hydrogens (tertiary/aromatic N) is 1. The molecule has 1 unspecified atom stereocenters. The van der Waals surface area contributed by atoms with Crippen LogP contribution in [0.1, 0.15) is 62.0 Å². The van der Waals surface area contributed by atoms with Crippen molar-refractivity contribution < 1.29 is 19.1 Å². The van der Waals surface area contributed by atoms with Gasteiger partial charge in [-0.3, -0.25) is 14.4 Å². The zero-order valence-electron chi connectivity index (χ0n) is 21.7. The Hall–Kier alpha value is -3.03. The summed E-state index contributed by atoms with van der Waals surface area (Å²) < 4.78 is 5.85. The van der Waals surface area contributed by atoms with Gasteiger partial charge in [-0.25, -0.2) is 0 Å². The third kappa shape index (κ3) is 4.70. The molecule has 2 aliphatic rings. The summed E-state index contributed by atoms with van der Waals surface area (Å²) in [5.41, 5.74) is 6.89. The lowest BCUT2D eigenvalue weighted by Gasteiger charge is -2.47. The number of amides is 2. The van der Waals surface area contributed by atoms with E-state index >= 15 is 0 Å². The van der Waals surface area contributed by atoms with Crippen LogP contribution in [0.4, 0.5) is 0 Å². The van der Waals surface area contributed by atoms with Crippen LogP contribution in [-0.2, 0) is 26.3 Å². The molecule has 7 heteroatoms.